The van der Waals surface area contributed by atoms with Crippen LogP contribution in [0.1, 0.15) is 69.2 Å². The van der Waals surface area contributed by atoms with E-state index in [1.54, 1.807) is 10.6 Å². The van der Waals surface area contributed by atoms with Crippen LogP contribution < -0.4 is 35.4 Å². The van der Waals surface area contributed by atoms with Gasteiger partial charge in [-0.1, -0.05) is 97.2 Å². The molecular weight excluding hydrogens is 696 g/mol. The smallest absolute Gasteiger partial charge is 1.00 e. The summed E-state index contributed by atoms with van der Waals surface area (Å²) >= 11 is 0. The summed E-state index contributed by atoms with van der Waals surface area (Å²) in [5.41, 5.74) is 1.54. The third kappa shape index (κ3) is 9.54. The molecule has 0 aliphatic carbocycles. The van der Waals surface area contributed by atoms with Crippen LogP contribution in [0.15, 0.2) is 72.8 Å². The van der Waals surface area contributed by atoms with Crippen molar-refractivity contribution in [3.05, 3.63) is 72.8 Å². The summed E-state index contributed by atoms with van der Waals surface area (Å²) in [6.07, 6.45) is 0. The number of hydrogen-bond acceptors (Lipinski definition) is 0. The molecule has 0 spiro atoms. The van der Waals surface area contributed by atoms with Gasteiger partial charge in [0.25, 0.3) is 0 Å². The zero-order valence-corrected chi connectivity index (χ0v) is 31.1. The molecule has 0 aliphatic rings. The SMILES string of the molecule is CC(C)(C)P(c1cc2ccccc2[cH-]1)C(C)(C)C.CC(C)P(c1cc2ccccc2[cH-]1)C(C)C.[Cl-].[Cl-].[Hf+4]. The van der Waals surface area contributed by atoms with Crippen molar-refractivity contribution in [1.82, 2.24) is 0 Å². The molecular formula is C32H44Cl2HfP2. The second kappa shape index (κ2) is 15.1. The molecule has 0 fully saturated rings. The van der Waals surface area contributed by atoms with Crippen LogP contribution >= 0.6 is 15.8 Å². The monoisotopic (exact) mass is 740 g/mol. The quantitative estimate of drug-likeness (QED) is 0.170. The van der Waals surface area contributed by atoms with Gasteiger partial charge in [0.15, 0.2) is 0 Å². The van der Waals surface area contributed by atoms with E-state index in [-0.39, 0.29) is 66.5 Å². The Balaban J connectivity index is 0.000000651. The van der Waals surface area contributed by atoms with Crippen molar-refractivity contribution in [3.63, 3.8) is 0 Å². The molecule has 0 atom stereocenters. The first kappa shape index (κ1) is 37.0. The van der Waals surface area contributed by atoms with Gasteiger partial charge in [-0.3, -0.25) is 0 Å². The Morgan fingerprint density at radius 2 is 0.946 bits per heavy atom. The van der Waals surface area contributed by atoms with Crippen LogP contribution in [0.4, 0.5) is 0 Å². The Morgan fingerprint density at radius 3 is 1.30 bits per heavy atom. The molecule has 0 bridgehead atoms. The first-order chi connectivity index (χ1) is 15.8. The van der Waals surface area contributed by atoms with Gasteiger partial charge in [-0.2, -0.15) is 12.1 Å². The summed E-state index contributed by atoms with van der Waals surface area (Å²) in [5.74, 6) is 0. The van der Waals surface area contributed by atoms with Crippen LogP contribution in [0.5, 0.6) is 0 Å². The van der Waals surface area contributed by atoms with Crippen LogP contribution in [0.3, 0.4) is 0 Å². The molecule has 0 saturated heterocycles. The molecule has 0 nitrogen and oxygen atoms in total. The maximum absolute atomic E-state index is 2.40. The van der Waals surface area contributed by atoms with E-state index in [1.807, 2.05) is 0 Å². The first-order valence-corrected chi connectivity index (χ1v) is 15.5. The molecule has 0 aliphatic heterocycles. The Hall–Kier alpha value is -0.0299. The Labute approximate surface area is 260 Å². The number of hydrogen-bond donors (Lipinski definition) is 0. The van der Waals surface area contributed by atoms with Crippen molar-refractivity contribution in [2.75, 3.05) is 0 Å². The fourth-order valence-electron chi connectivity index (χ4n) is 5.52. The Bertz CT molecular complexity index is 1120. The normalized spacial score (nSPS) is 11.8. The summed E-state index contributed by atoms with van der Waals surface area (Å²) < 4.78 is 0. The van der Waals surface area contributed by atoms with E-state index in [0.717, 1.165) is 11.3 Å². The molecule has 0 aromatic heterocycles. The topological polar surface area (TPSA) is 0 Å². The summed E-state index contributed by atoms with van der Waals surface area (Å²) in [6.45, 7) is 23.7. The predicted molar refractivity (Wildman–Crippen MR) is 162 cm³/mol. The third-order valence-electron chi connectivity index (χ3n) is 6.22. The molecule has 0 heterocycles. The van der Waals surface area contributed by atoms with Crippen molar-refractivity contribution in [2.45, 2.75) is 90.9 Å². The summed E-state index contributed by atoms with van der Waals surface area (Å²) in [6, 6.07) is 27.0. The van der Waals surface area contributed by atoms with Crippen LogP contribution in [-0.2, 0) is 25.8 Å². The number of rotatable bonds is 4. The molecule has 4 aromatic carbocycles. The van der Waals surface area contributed by atoms with Crippen molar-refractivity contribution < 1.29 is 50.7 Å². The molecule has 37 heavy (non-hydrogen) atoms. The number of fused-ring (bicyclic) bond motifs is 2. The maximum atomic E-state index is 2.40. The van der Waals surface area contributed by atoms with Gasteiger partial charge in [-0.25, -0.2) is 0 Å². The van der Waals surface area contributed by atoms with Gasteiger partial charge >= 0.3 is 25.8 Å². The van der Waals surface area contributed by atoms with Gasteiger partial charge in [-0.15, -0.1) is 80.7 Å². The van der Waals surface area contributed by atoms with E-state index in [0.29, 0.717) is 10.3 Å². The number of benzene rings is 2. The van der Waals surface area contributed by atoms with Gasteiger partial charge in [0.2, 0.25) is 0 Å². The maximum Gasteiger partial charge on any atom is 4.00 e. The van der Waals surface area contributed by atoms with E-state index < -0.39 is 0 Å². The van der Waals surface area contributed by atoms with E-state index >= 15 is 0 Å². The summed E-state index contributed by atoms with van der Waals surface area (Å²) in [4.78, 5) is 0. The van der Waals surface area contributed by atoms with Crippen molar-refractivity contribution in [1.29, 1.82) is 0 Å². The van der Waals surface area contributed by atoms with Crippen molar-refractivity contribution in [2.24, 2.45) is 0 Å². The first-order valence-electron chi connectivity index (χ1n) is 12.7. The Kier molecular flexibility index (Phi) is 15.1. The molecule has 4 rings (SSSR count). The van der Waals surface area contributed by atoms with E-state index in [4.69, 9.17) is 0 Å². The molecule has 0 radical (unpaired) electrons. The molecule has 4 aromatic rings. The van der Waals surface area contributed by atoms with E-state index in [9.17, 15) is 0 Å². The average molecular weight is 740 g/mol. The summed E-state index contributed by atoms with van der Waals surface area (Å²) in [7, 11) is -0.205. The zero-order valence-electron chi connectivity index (χ0n) is 24.2. The predicted octanol–water partition coefficient (Wildman–Crippen LogP) is 3.75. The van der Waals surface area contributed by atoms with Crippen molar-refractivity contribution >= 4 is 48.0 Å². The van der Waals surface area contributed by atoms with Crippen LogP contribution in [0.25, 0.3) is 21.5 Å². The minimum Gasteiger partial charge on any atom is -1.00 e. The van der Waals surface area contributed by atoms with Gasteiger partial charge in [0, 0.05) is 0 Å². The molecule has 0 N–H and O–H groups in total. The van der Waals surface area contributed by atoms with Gasteiger partial charge < -0.3 is 24.8 Å². The van der Waals surface area contributed by atoms with Gasteiger partial charge in [-0.05, 0) is 21.6 Å². The molecule has 0 saturated carbocycles. The zero-order chi connectivity index (χ0) is 25.3. The largest absolute Gasteiger partial charge is 4.00 e. The van der Waals surface area contributed by atoms with Crippen molar-refractivity contribution in [3.8, 4) is 0 Å². The van der Waals surface area contributed by atoms with Gasteiger partial charge in [0.1, 0.15) is 0 Å². The molecule has 0 amide bonds. The van der Waals surface area contributed by atoms with E-state index in [2.05, 4.69) is 142 Å². The second-order valence-electron chi connectivity index (χ2n) is 12.0. The minimum atomic E-state index is -0.185. The molecule has 5 heteroatoms. The Morgan fingerprint density at radius 1 is 0.595 bits per heavy atom. The standard InChI is InChI=1S/C17H24P.C15H20P.2ClH.Hf/c1-16(2,3)18(17(4,5)6)15-11-13-9-7-8-10-14(13)12-15;1-11(2)16(12(3)4)15-9-13-7-5-6-8-14(13)10-15;;;/h7-12H,1-6H3;5-12H,1-4H3;2*1H;/q2*-1;;;+4/p-2. The van der Waals surface area contributed by atoms with Crippen LogP contribution in [0.2, 0.25) is 0 Å². The van der Waals surface area contributed by atoms with Crippen LogP contribution in [0, 0.1) is 0 Å². The fraction of sp³-hybridized carbons (Fsp3) is 0.438. The van der Waals surface area contributed by atoms with Crippen LogP contribution in [-0.4, -0.2) is 21.6 Å². The average Bonchev–Trinajstić information content (AvgIpc) is 3.28. The fourth-order valence-corrected chi connectivity index (χ4v) is 12.6. The molecule has 200 valence electrons. The third-order valence-corrected chi connectivity index (χ3v) is 12.8. The minimum absolute atomic E-state index is 0. The van der Waals surface area contributed by atoms with Gasteiger partial charge in [0.05, 0.1) is 0 Å². The second-order valence-corrected chi connectivity index (χ2v) is 19.2. The number of halogens is 2. The molecule has 0 unspecified atom stereocenters. The summed E-state index contributed by atoms with van der Waals surface area (Å²) in [5, 5.41) is 9.36. The van der Waals surface area contributed by atoms with E-state index in [1.165, 1.54) is 21.5 Å².